The SMILES string of the molecule is CCCCCCCCCCCCC/C=C/[C@@H](O)[C@H](CCCO)NC(=O)CCCCCCCCCCCCCCCCC. The number of carbonyl (C=O) groups is 1. The predicted octanol–water partition coefficient (Wildman–Crippen LogP) is 11.1. The molecule has 0 aliphatic heterocycles. The van der Waals surface area contributed by atoms with E-state index in [4.69, 9.17) is 0 Å². The van der Waals surface area contributed by atoms with Gasteiger partial charge in [0.15, 0.2) is 0 Å². The van der Waals surface area contributed by atoms with Crippen molar-refractivity contribution in [3.63, 3.8) is 0 Å². The number of amides is 1. The van der Waals surface area contributed by atoms with E-state index in [1.807, 2.05) is 6.08 Å². The van der Waals surface area contributed by atoms with Gasteiger partial charge in [-0.25, -0.2) is 0 Å². The Bertz CT molecular complexity index is 565. The minimum Gasteiger partial charge on any atom is -0.396 e. The number of carbonyl (C=O) groups excluding carboxylic acids is 1. The molecule has 0 heterocycles. The van der Waals surface area contributed by atoms with Crippen LogP contribution in [0.4, 0.5) is 0 Å². The van der Waals surface area contributed by atoms with Gasteiger partial charge in [-0.15, -0.1) is 0 Å². The molecular formula is C38H75NO3. The van der Waals surface area contributed by atoms with Crippen LogP contribution in [0.1, 0.15) is 206 Å². The van der Waals surface area contributed by atoms with Crippen molar-refractivity contribution in [2.75, 3.05) is 6.61 Å². The van der Waals surface area contributed by atoms with Gasteiger partial charge in [0.05, 0.1) is 12.1 Å². The number of allylic oxidation sites excluding steroid dienone is 1. The maximum atomic E-state index is 12.5. The summed E-state index contributed by atoms with van der Waals surface area (Å²) in [5, 5.41) is 23.0. The molecule has 2 atom stereocenters. The molecule has 4 nitrogen and oxygen atoms in total. The molecule has 0 aromatic carbocycles. The average molecular weight is 594 g/mol. The number of unbranched alkanes of at least 4 members (excludes halogenated alkanes) is 25. The zero-order valence-electron chi connectivity index (χ0n) is 28.5. The van der Waals surface area contributed by atoms with Crippen LogP contribution in [-0.4, -0.2) is 34.9 Å². The molecule has 0 aromatic heterocycles. The second kappa shape index (κ2) is 34.6. The molecule has 0 aromatic rings. The van der Waals surface area contributed by atoms with E-state index in [-0.39, 0.29) is 18.6 Å². The normalized spacial score (nSPS) is 13.1. The third kappa shape index (κ3) is 30.6. The van der Waals surface area contributed by atoms with Gasteiger partial charge in [0, 0.05) is 13.0 Å². The summed E-state index contributed by atoms with van der Waals surface area (Å²) in [4.78, 5) is 12.5. The third-order valence-electron chi connectivity index (χ3n) is 8.75. The summed E-state index contributed by atoms with van der Waals surface area (Å²) in [6, 6.07) is -0.311. The van der Waals surface area contributed by atoms with Crippen molar-refractivity contribution in [1.29, 1.82) is 0 Å². The molecule has 0 spiro atoms. The van der Waals surface area contributed by atoms with E-state index in [1.165, 1.54) is 148 Å². The first-order valence-corrected chi connectivity index (χ1v) is 18.9. The average Bonchev–Trinajstić information content (AvgIpc) is 2.99. The Kier molecular flexibility index (Phi) is 33.9. The molecule has 0 aliphatic rings. The van der Waals surface area contributed by atoms with E-state index in [9.17, 15) is 15.0 Å². The topological polar surface area (TPSA) is 69.6 Å². The molecule has 1 amide bonds. The van der Waals surface area contributed by atoms with Crippen LogP contribution in [0.25, 0.3) is 0 Å². The molecule has 3 N–H and O–H groups in total. The first kappa shape index (κ1) is 41.1. The monoisotopic (exact) mass is 594 g/mol. The minimum atomic E-state index is -0.686. The Morgan fingerprint density at radius 2 is 0.952 bits per heavy atom. The largest absolute Gasteiger partial charge is 0.396 e. The lowest BCUT2D eigenvalue weighted by atomic mass is 10.0. The van der Waals surface area contributed by atoms with Crippen molar-refractivity contribution < 1.29 is 15.0 Å². The van der Waals surface area contributed by atoms with Gasteiger partial charge < -0.3 is 15.5 Å². The lowest BCUT2D eigenvalue weighted by molar-refractivity contribution is -0.122. The van der Waals surface area contributed by atoms with Crippen LogP contribution in [-0.2, 0) is 4.79 Å². The van der Waals surface area contributed by atoms with E-state index in [2.05, 4.69) is 25.2 Å². The van der Waals surface area contributed by atoms with Crippen molar-refractivity contribution in [2.45, 2.75) is 219 Å². The number of aliphatic hydroxyl groups excluding tert-OH is 2. The fourth-order valence-electron chi connectivity index (χ4n) is 5.87. The number of nitrogens with one attached hydrogen (secondary N) is 1. The number of hydrogen-bond acceptors (Lipinski definition) is 3. The van der Waals surface area contributed by atoms with Gasteiger partial charge in [-0.2, -0.15) is 0 Å². The fourth-order valence-corrected chi connectivity index (χ4v) is 5.87. The summed E-state index contributed by atoms with van der Waals surface area (Å²) < 4.78 is 0. The van der Waals surface area contributed by atoms with E-state index in [1.54, 1.807) is 0 Å². The maximum Gasteiger partial charge on any atom is 0.220 e. The number of rotatable bonds is 34. The minimum absolute atomic E-state index is 0.0328. The van der Waals surface area contributed by atoms with Crippen molar-refractivity contribution in [3.8, 4) is 0 Å². The standard InChI is InChI=1S/C38H75NO3/c1-3-5-7-9-11-13-15-17-18-20-22-24-26-28-30-34-38(42)39-36(32-31-35-40)37(41)33-29-27-25-23-21-19-16-14-12-10-8-6-4-2/h29,33,36-37,40-41H,3-28,30-32,34-35H2,1-2H3,(H,39,42)/b33-29+/t36-,37+/m0/s1. The molecular weight excluding hydrogens is 518 g/mol. The Hall–Kier alpha value is -0.870. The molecule has 4 heteroatoms. The van der Waals surface area contributed by atoms with Crippen LogP contribution in [0.2, 0.25) is 0 Å². The van der Waals surface area contributed by atoms with Gasteiger partial charge in [0.2, 0.25) is 5.91 Å². The van der Waals surface area contributed by atoms with E-state index < -0.39 is 6.10 Å². The molecule has 0 aliphatic carbocycles. The number of aliphatic hydroxyl groups is 2. The molecule has 0 unspecified atom stereocenters. The zero-order valence-corrected chi connectivity index (χ0v) is 28.5. The summed E-state index contributed by atoms with van der Waals surface area (Å²) in [6.07, 6.45) is 40.4. The van der Waals surface area contributed by atoms with Gasteiger partial charge in [-0.3, -0.25) is 4.79 Å². The van der Waals surface area contributed by atoms with E-state index >= 15 is 0 Å². The summed E-state index contributed by atoms with van der Waals surface area (Å²) in [5.41, 5.74) is 0. The van der Waals surface area contributed by atoms with Gasteiger partial charge in [-0.05, 0) is 32.1 Å². The molecule has 0 fully saturated rings. The second-order valence-electron chi connectivity index (χ2n) is 13.0. The lowest BCUT2D eigenvalue weighted by Crippen LogP contribution is -2.42. The highest BCUT2D eigenvalue weighted by molar-refractivity contribution is 5.76. The van der Waals surface area contributed by atoms with Crippen LogP contribution in [0.5, 0.6) is 0 Å². The lowest BCUT2D eigenvalue weighted by Gasteiger charge is -2.22. The summed E-state index contributed by atoms with van der Waals surface area (Å²) in [7, 11) is 0. The van der Waals surface area contributed by atoms with Crippen LogP contribution in [0, 0.1) is 0 Å². The Morgan fingerprint density at radius 3 is 1.36 bits per heavy atom. The van der Waals surface area contributed by atoms with Gasteiger partial charge in [0.25, 0.3) is 0 Å². The first-order chi connectivity index (χ1) is 20.7. The Labute approximate surface area is 263 Å². The molecule has 0 radical (unpaired) electrons. The fraction of sp³-hybridized carbons (Fsp3) is 0.921. The molecule has 42 heavy (non-hydrogen) atoms. The zero-order chi connectivity index (χ0) is 30.8. The quantitative estimate of drug-likeness (QED) is 0.0513. The van der Waals surface area contributed by atoms with E-state index in [0.717, 1.165) is 25.7 Å². The van der Waals surface area contributed by atoms with Crippen molar-refractivity contribution in [2.24, 2.45) is 0 Å². The Morgan fingerprint density at radius 1 is 0.571 bits per heavy atom. The van der Waals surface area contributed by atoms with Gasteiger partial charge in [0.1, 0.15) is 0 Å². The van der Waals surface area contributed by atoms with Crippen LogP contribution in [0.3, 0.4) is 0 Å². The maximum absolute atomic E-state index is 12.5. The molecule has 0 rings (SSSR count). The molecule has 250 valence electrons. The van der Waals surface area contributed by atoms with Crippen LogP contribution >= 0.6 is 0 Å². The van der Waals surface area contributed by atoms with E-state index in [0.29, 0.717) is 19.3 Å². The first-order valence-electron chi connectivity index (χ1n) is 18.9. The number of hydrogen-bond donors (Lipinski definition) is 3. The molecule has 0 saturated carbocycles. The smallest absolute Gasteiger partial charge is 0.220 e. The van der Waals surface area contributed by atoms with Gasteiger partial charge >= 0.3 is 0 Å². The Balaban J connectivity index is 3.81. The highest BCUT2D eigenvalue weighted by Gasteiger charge is 2.18. The van der Waals surface area contributed by atoms with Crippen molar-refractivity contribution in [1.82, 2.24) is 5.32 Å². The highest BCUT2D eigenvalue weighted by Crippen LogP contribution is 2.15. The summed E-state index contributed by atoms with van der Waals surface area (Å²) in [5.74, 6) is 0.0328. The molecule has 0 bridgehead atoms. The van der Waals surface area contributed by atoms with Crippen molar-refractivity contribution >= 4 is 5.91 Å². The summed E-state index contributed by atoms with van der Waals surface area (Å²) >= 11 is 0. The highest BCUT2D eigenvalue weighted by atomic mass is 16.3. The molecule has 0 saturated heterocycles. The van der Waals surface area contributed by atoms with Crippen LogP contribution in [0.15, 0.2) is 12.2 Å². The predicted molar refractivity (Wildman–Crippen MR) is 184 cm³/mol. The summed E-state index contributed by atoms with van der Waals surface area (Å²) in [6.45, 7) is 4.63. The second-order valence-corrected chi connectivity index (χ2v) is 13.0. The van der Waals surface area contributed by atoms with Crippen LogP contribution < -0.4 is 5.32 Å². The van der Waals surface area contributed by atoms with Crippen molar-refractivity contribution in [3.05, 3.63) is 12.2 Å². The third-order valence-corrected chi connectivity index (χ3v) is 8.75. The van der Waals surface area contributed by atoms with Gasteiger partial charge in [-0.1, -0.05) is 180 Å².